The summed E-state index contributed by atoms with van der Waals surface area (Å²) < 4.78 is 0. The van der Waals surface area contributed by atoms with Crippen molar-refractivity contribution in [3.8, 4) is 6.07 Å². The van der Waals surface area contributed by atoms with Gasteiger partial charge in [0.15, 0.2) is 0 Å². The average Bonchev–Trinajstić information content (AvgIpc) is 2.86. The van der Waals surface area contributed by atoms with E-state index in [9.17, 15) is 4.79 Å². The highest BCUT2D eigenvalue weighted by molar-refractivity contribution is 5.79. The highest BCUT2D eigenvalue weighted by Crippen LogP contribution is 2.48. The molecule has 0 aliphatic heterocycles. The van der Waals surface area contributed by atoms with Crippen molar-refractivity contribution in [2.45, 2.75) is 32.1 Å². The van der Waals surface area contributed by atoms with Crippen molar-refractivity contribution in [1.82, 2.24) is 4.90 Å². The van der Waals surface area contributed by atoms with E-state index in [4.69, 9.17) is 5.26 Å². The molecule has 0 aromatic rings. The molecule has 3 atom stereocenters. The average molecular weight is 206 g/mol. The van der Waals surface area contributed by atoms with E-state index in [0.29, 0.717) is 18.9 Å². The number of hydrogen-bond acceptors (Lipinski definition) is 2. The summed E-state index contributed by atoms with van der Waals surface area (Å²) >= 11 is 0. The second kappa shape index (κ2) is 4.22. The molecule has 0 heterocycles. The molecule has 0 spiro atoms. The van der Waals surface area contributed by atoms with Gasteiger partial charge in [0.2, 0.25) is 5.91 Å². The van der Waals surface area contributed by atoms with Gasteiger partial charge in [-0.05, 0) is 31.1 Å². The van der Waals surface area contributed by atoms with Crippen LogP contribution in [-0.2, 0) is 4.79 Å². The number of nitrogens with zero attached hydrogens (tertiary/aromatic N) is 2. The van der Waals surface area contributed by atoms with Crippen molar-refractivity contribution in [1.29, 1.82) is 5.26 Å². The number of rotatable bonds is 3. The first kappa shape index (κ1) is 10.5. The van der Waals surface area contributed by atoms with Gasteiger partial charge in [-0.15, -0.1) is 0 Å². The van der Waals surface area contributed by atoms with Crippen molar-refractivity contribution in [2.24, 2.45) is 17.8 Å². The number of hydrogen-bond donors (Lipinski definition) is 0. The molecule has 2 fully saturated rings. The predicted octanol–water partition coefficient (Wildman–Crippen LogP) is 1.79. The van der Waals surface area contributed by atoms with E-state index in [2.05, 4.69) is 6.07 Å². The van der Waals surface area contributed by atoms with Crippen molar-refractivity contribution in [3.63, 3.8) is 0 Å². The topological polar surface area (TPSA) is 44.1 Å². The Labute approximate surface area is 91.1 Å². The van der Waals surface area contributed by atoms with Crippen LogP contribution in [0.3, 0.4) is 0 Å². The van der Waals surface area contributed by atoms with Gasteiger partial charge < -0.3 is 4.90 Å². The van der Waals surface area contributed by atoms with E-state index in [1.54, 1.807) is 4.90 Å². The molecular weight excluding hydrogens is 188 g/mol. The molecule has 2 aliphatic carbocycles. The third kappa shape index (κ3) is 1.99. The predicted molar refractivity (Wildman–Crippen MR) is 56.8 cm³/mol. The molecule has 3 heteroatoms. The number of amides is 1. The first-order chi connectivity index (χ1) is 7.22. The molecule has 1 amide bonds. The van der Waals surface area contributed by atoms with Crippen molar-refractivity contribution in [2.75, 3.05) is 13.6 Å². The van der Waals surface area contributed by atoms with Crippen LogP contribution in [0, 0.1) is 29.1 Å². The number of carbonyl (C=O) groups excluding carboxylic acids is 1. The number of carbonyl (C=O) groups is 1. The molecule has 82 valence electrons. The van der Waals surface area contributed by atoms with Gasteiger partial charge in [-0.1, -0.05) is 6.42 Å². The summed E-state index contributed by atoms with van der Waals surface area (Å²) in [5.74, 6) is 2.00. The van der Waals surface area contributed by atoms with Crippen LogP contribution in [0.4, 0.5) is 0 Å². The Morgan fingerprint density at radius 3 is 2.80 bits per heavy atom. The molecule has 0 aromatic carbocycles. The van der Waals surface area contributed by atoms with Crippen LogP contribution in [0.25, 0.3) is 0 Å². The van der Waals surface area contributed by atoms with Gasteiger partial charge in [0.05, 0.1) is 12.5 Å². The Balaban J connectivity index is 1.88. The van der Waals surface area contributed by atoms with E-state index in [1.165, 1.54) is 19.3 Å². The minimum atomic E-state index is 0.271. The first-order valence-electron chi connectivity index (χ1n) is 5.84. The fourth-order valence-corrected chi connectivity index (χ4v) is 3.16. The lowest BCUT2D eigenvalue weighted by Crippen LogP contribution is -2.35. The van der Waals surface area contributed by atoms with Gasteiger partial charge >= 0.3 is 0 Å². The largest absolute Gasteiger partial charge is 0.344 e. The second-order valence-corrected chi connectivity index (χ2v) is 4.95. The molecular formula is C12H18N2O. The van der Waals surface area contributed by atoms with Gasteiger partial charge in [0, 0.05) is 19.5 Å². The zero-order chi connectivity index (χ0) is 10.8. The Morgan fingerprint density at radius 1 is 1.47 bits per heavy atom. The molecule has 3 unspecified atom stereocenters. The van der Waals surface area contributed by atoms with Crippen molar-refractivity contribution < 1.29 is 4.79 Å². The van der Waals surface area contributed by atoms with Crippen molar-refractivity contribution in [3.05, 3.63) is 0 Å². The quantitative estimate of drug-likeness (QED) is 0.706. The summed E-state index contributed by atoms with van der Waals surface area (Å²) in [5, 5.41) is 8.48. The first-order valence-corrected chi connectivity index (χ1v) is 5.84. The molecule has 2 rings (SSSR count). The highest BCUT2D eigenvalue weighted by atomic mass is 16.2. The number of nitriles is 1. The summed E-state index contributed by atoms with van der Waals surface area (Å²) in [6.45, 7) is 0.587. The second-order valence-electron chi connectivity index (χ2n) is 4.95. The fourth-order valence-electron chi connectivity index (χ4n) is 3.16. The van der Waals surface area contributed by atoms with Crippen LogP contribution in [0.1, 0.15) is 32.1 Å². The maximum absolute atomic E-state index is 12.1. The lowest BCUT2D eigenvalue weighted by atomic mass is 9.88. The molecule has 0 saturated heterocycles. The maximum atomic E-state index is 12.1. The van der Waals surface area contributed by atoms with Crippen molar-refractivity contribution >= 4 is 5.91 Å². The van der Waals surface area contributed by atoms with Gasteiger partial charge in [-0.3, -0.25) is 4.79 Å². The van der Waals surface area contributed by atoms with E-state index in [1.807, 2.05) is 7.05 Å². The molecule has 2 aliphatic rings. The smallest absolute Gasteiger partial charge is 0.225 e. The van der Waals surface area contributed by atoms with E-state index >= 15 is 0 Å². The summed E-state index contributed by atoms with van der Waals surface area (Å²) in [5.41, 5.74) is 0. The standard InChI is InChI=1S/C12H18N2O/c1-14(6-2-5-13)12(15)11-8-9-3-4-10(11)7-9/h9-11H,2-4,6-8H2,1H3. The summed E-state index contributed by atoms with van der Waals surface area (Å²) in [7, 11) is 1.83. The monoisotopic (exact) mass is 206 g/mol. The molecule has 0 N–H and O–H groups in total. The van der Waals surface area contributed by atoms with E-state index in [0.717, 1.165) is 12.3 Å². The van der Waals surface area contributed by atoms with Crippen LogP contribution in [0.15, 0.2) is 0 Å². The molecule has 0 radical (unpaired) electrons. The third-order valence-electron chi connectivity index (χ3n) is 3.99. The van der Waals surface area contributed by atoms with E-state index in [-0.39, 0.29) is 11.8 Å². The van der Waals surface area contributed by atoms with E-state index < -0.39 is 0 Å². The van der Waals surface area contributed by atoms with Crippen LogP contribution >= 0.6 is 0 Å². The Hall–Kier alpha value is -1.04. The Bertz CT molecular complexity index is 294. The Kier molecular flexibility index (Phi) is 2.95. The van der Waals surface area contributed by atoms with Gasteiger partial charge in [-0.2, -0.15) is 5.26 Å². The number of fused-ring (bicyclic) bond motifs is 2. The van der Waals surface area contributed by atoms with Crippen LogP contribution in [-0.4, -0.2) is 24.4 Å². The normalized spacial score (nSPS) is 32.7. The molecule has 15 heavy (non-hydrogen) atoms. The summed E-state index contributed by atoms with van der Waals surface area (Å²) in [4.78, 5) is 13.8. The molecule has 2 saturated carbocycles. The van der Waals surface area contributed by atoms with Crippen LogP contribution in [0.2, 0.25) is 0 Å². The molecule has 0 aromatic heterocycles. The summed E-state index contributed by atoms with van der Waals surface area (Å²) in [6, 6.07) is 2.08. The highest BCUT2D eigenvalue weighted by Gasteiger charge is 2.43. The maximum Gasteiger partial charge on any atom is 0.225 e. The third-order valence-corrected chi connectivity index (χ3v) is 3.99. The fraction of sp³-hybridized carbons (Fsp3) is 0.833. The minimum Gasteiger partial charge on any atom is -0.344 e. The SMILES string of the molecule is CN(CCC#N)C(=O)C1CC2CCC1C2. The Morgan fingerprint density at radius 2 is 2.27 bits per heavy atom. The van der Waals surface area contributed by atoms with Crippen LogP contribution in [0.5, 0.6) is 0 Å². The zero-order valence-corrected chi connectivity index (χ0v) is 9.28. The van der Waals surface area contributed by atoms with Crippen LogP contribution < -0.4 is 0 Å². The summed E-state index contributed by atoms with van der Waals surface area (Å²) in [6.07, 6.45) is 5.38. The van der Waals surface area contributed by atoms with Gasteiger partial charge in [-0.25, -0.2) is 0 Å². The zero-order valence-electron chi connectivity index (χ0n) is 9.28. The van der Waals surface area contributed by atoms with Gasteiger partial charge in [0.1, 0.15) is 0 Å². The lowest BCUT2D eigenvalue weighted by molar-refractivity contribution is -0.135. The molecule has 2 bridgehead atoms. The minimum absolute atomic E-state index is 0.271. The lowest BCUT2D eigenvalue weighted by Gasteiger charge is -2.25. The molecule has 3 nitrogen and oxygen atoms in total. The van der Waals surface area contributed by atoms with Gasteiger partial charge in [0.25, 0.3) is 0 Å².